The number of hydrogen-bond acceptors (Lipinski definition) is 5. The molecular formula is C15H11Cl2F3N4O3. The first-order valence-corrected chi connectivity index (χ1v) is 7.96. The Hall–Kier alpha value is -2.32. The molecule has 27 heavy (non-hydrogen) atoms. The van der Waals surface area contributed by atoms with Crippen molar-refractivity contribution in [1.82, 2.24) is 15.3 Å². The molecule has 0 bridgehead atoms. The predicted octanol–water partition coefficient (Wildman–Crippen LogP) is 3.56. The number of nitrogens with zero attached hydrogens (tertiary/aromatic N) is 3. The molecule has 2 N–H and O–H groups in total. The van der Waals surface area contributed by atoms with Crippen LogP contribution >= 0.6 is 23.2 Å². The summed E-state index contributed by atoms with van der Waals surface area (Å²) in [6.07, 6.45) is -4.65. The van der Waals surface area contributed by atoms with Gasteiger partial charge in [-0.2, -0.15) is 29.0 Å². The third kappa shape index (κ3) is 4.70. The van der Waals surface area contributed by atoms with Crippen molar-refractivity contribution < 1.29 is 27.9 Å². The number of aromatic nitrogens is 2. The quantitative estimate of drug-likeness (QED) is 0.690. The minimum absolute atomic E-state index is 0.0593. The Kier molecular flexibility index (Phi) is 6.33. The molecule has 0 aliphatic heterocycles. The SMILES string of the molecule is CC(ONCc1c(C#N)cnn1-c1c(Cl)cc(C(F)(F)F)cc1Cl)C(=O)O. The van der Waals surface area contributed by atoms with Crippen LogP contribution in [0.4, 0.5) is 13.2 Å². The van der Waals surface area contributed by atoms with E-state index >= 15 is 0 Å². The molecule has 1 heterocycles. The van der Waals surface area contributed by atoms with Gasteiger partial charge in [0.2, 0.25) is 0 Å². The molecule has 0 saturated heterocycles. The van der Waals surface area contributed by atoms with E-state index < -0.39 is 23.8 Å². The standard InChI is InChI=1S/C15H11Cl2F3N4O3/c1-7(14(25)26)27-23-6-12-8(4-21)5-22-24(12)13-10(16)2-9(3-11(13)17)15(18,19)20/h2-3,5,7,23H,6H2,1H3,(H,25,26). The highest BCUT2D eigenvalue weighted by Gasteiger charge is 2.32. The van der Waals surface area contributed by atoms with Crippen LogP contribution < -0.4 is 5.48 Å². The maximum atomic E-state index is 12.9. The van der Waals surface area contributed by atoms with Crippen LogP contribution in [0.3, 0.4) is 0 Å². The lowest BCUT2D eigenvalue weighted by molar-refractivity contribution is -0.154. The van der Waals surface area contributed by atoms with Crippen LogP contribution in [0.1, 0.15) is 23.7 Å². The van der Waals surface area contributed by atoms with Crippen molar-refractivity contribution in [3.05, 3.63) is 45.2 Å². The molecule has 1 aromatic carbocycles. The van der Waals surface area contributed by atoms with Gasteiger partial charge in [0, 0.05) is 0 Å². The first-order chi connectivity index (χ1) is 12.6. The van der Waals surface area contributed by atoms with Gasteiger partial charge in [-0.05, 0) is 19.1 Å². The predicted molar refractivity (Wildman–Crippen MR) is 88.3 cm³/mol. The molecule has 2 aromatic rings. The van der Waals surface area contributed by atoms with E-state index in [4.69, 9.17) is 33.1 Å². The van der Waals surface area contributed by atoms with E-state index in [1.165, 1.54) is 13.1 Å². The van der Waals surface area contributed by atoms with Crippen molar-refractivity contribution in [1.29, 1.82) is 5.26 Å². The monoisotopic (exact) mass is 422 g/mol. The molecule has 1 unspecified atom stereocenters. The van der Waals surface area contributed by atoms with Gasteiger partial charge in [-0.25, -0.2) is 9.48 Å². The average Bonchev–Trinajstić information content (AvgIpc) is 2.96. The van der Waals surface area contributed by atoms with Gasteiger partial charge in [0.15, 0.2) is 6.10 Å². The topological polar surface area (TPSA) is 100 Å². The van der Waals surface area contributed by atoms with Gasteiger partial charge < -0.3 is 5.11 Å². The third-order valence-corrected chi connectivity index (χ3v) is 3.97. The number of nitrogens with one attached hydrogen (secondary N) is 1. The van der Waals surface area contributed by atoms with Crippen molar-refractivity contribution in [3.63, 3.8) is 0 Å². The van der Waals surface area contributed by atoms with E-state index in [0.29, 0.717) is 12.1 Å². The summed E-state index contributed by atoms with van der Waals surface area (Å²) < 4.78 is 39.7. The second kappa shape index (κ2) is 8.14. The molecule has 0 amide bonds. The average molecular weight is 423 g/mol. The van der Waals surface area contributed by atoms with Crippen LogP contribution in [-0.2, 0) is 22.4 Å². The number of hydrogen-bond donors (Lipinski definition) is 2. The molecule has 2 rings (SSSR count). The van der Waals surface area contributed by atoms with E-state index in [9.17, 15) is 23.2 Å². The summed E-state index contributed by atoms with van der Waals surface area (Å²) in [4.78, 5) is 15.6. The minimum Gasteiger partial charge on any atom is -0.479 e. The van der Waals surface area contributed by atoms with Crippen LogP contribution in [0.15, 0.2) is 18.3 Å². The normalized spacial score (nSPS) is 12.6. The molecule has 7 nitrogen and oxygen atoms in total. The van der Waals surface area contributed by atoms with Gasteiger partial charge in [-0.1, -0.05) is 23.2 Å². The lowest BCUT2D eigenvalue weighted by Crippen LogP contribution is -2.28. The molecule has 0 aliphatic carbocycles. The third-order valence-electron chi connectivity index (χ3n) is 3.39. The number of halogens is 5. The number of rotatable bonds is 6. The second-order valence-electron chi connectivity index (χ2n) is 5.23. The van der Waals surface area contributed by atoms with Crippen LogP contribution in [0.5, 0.6) is 0 Å². The lowest BCUT2D eigenvalue weighted by Gasteiger charge is -2.15. The summed E-state index contributed by atoms with van der Waals surface area (Å²) in [5.74, 6) is -1.22. The van der Waals surface area contributed by atoms with Crippen molar-refractivity contribution in [2.45, 2.75) is 25.7 Å². The van der Waals surface area contributed by atoms with Gasteiger partial charge in [0.25, 0.3) is 0 Å². The molecule has 12 heteroatoms. The smallest absolute Gasteiger partial charge is 0.416 e. The zero-order valence-electron chi connectivity index (χ0n) is 13.5. The summed E-state index contributed by atoms with van der Waals surface area (Å²) >= 11 is 11.9. The molecule has 0 aliphatic rings. The first kappa shape index (κ1) is 21.0. The Balaban J connectivity index is 2.41. The highest BCUT2D eigenvalue weighted by Crippen LogP contribution is 2.37. The summed E-state index contributed by atoms with van der Waals surface area (Å²) in [5, 5.41) is 21.2. The number of benzene rings is 1. The van der Waals surface area contributed by atoms with E-state index in [1.807, 2.05) is 6.07 Å². The van der Waals surface area contributed by atoms with Crippen molar-refractivity contribution in [2.24, 2.45) is 0 Å². The number of alkyl halides is 3. The van der Waals surface area contributed by atoms with E-state index in [0.717, 1.165) is 4.68 Å². The number of carboxylic acids is 1. The molecule has 0 saturated carbocycles. The highest BCUT2D eigenvalue weighted by atomic mass is 35.5. The molecule has 0 spiro atoms. The fourth-order valence-corrected chi connectivity index (χ4v) is 2.69. The number of nitriles is 1. The Morgan fingerprint density at radius 2 is 2.04 bits per heavy atom. The van der Waals surface area contributed by atoms with Crippen LogP contribution in [0, 0.1) is 11.3 Å². The summed E-state index contributed by atoms with van der Waals surface area (Å²) in [5.41, 5.74) is 1.51. The van der Waals surface area contributed by atoms with Gasteiger partial charge in [-0.3, -0.25) is 4.84 Å². The fraction of sp³-hybridized carbons (Fsp3) is 0.267. The van der Waals surface area contributed by atoms with Gasteiger partial charge in [0.05, 0.1) is 39.6 Å². The minimum atomic E-state index is -4.64. The zero-order valence-corrected chi connectivity index (χ0v) is 15.0. The van der Waals surface area contributed by atoms with Crippen molar-refractivity contribution in [2.75, 3.05) is 0 Å². The van der Waals surface area contributed by atoms with Crippen LogP contribution in [0.2, 0.25) is 10.0 Å². The number of carbonyl (C=O) groups is 1. The van der Waals surface area contributed by atoms with Gasteiger partial charge in [-0.15, -0.1) is 0 Å². The first-order valence-electron chi connectivity index (χ1n) is 7.21. The van der Waals surface area contributed by atoms with Crippen molar-refractivity contribution >= 4 is 29.2 Å². The number of aliphatic carboxylic acids is 1. The summed E-state index contributed by atoms with van der Waals surface area (Å²) in [6.45, 7) is 1.09. The lowest BCUT2D eigenvalue weighted by atomic mass is 10.2. The maximum Gasteiger partial charge on any atom is 0.416 e. The van der Waals surface area contributed by atoms with Crippen molar-refractivity contribution in [3.8, 4) is 11.8 Å². The zero-order chi connectivity index (χ0) is 20.4. The number of hydroxylamine groups is 1. The Morgan fingerprint density at radius 1 is 1.44 bits per heavy atom. The van der Waals surface area contributed by atoms with E-state index in [2.05, 4.69) is 10.6 Å². The molecule has 1 atom stereocenters. The van der Waals surface area contributed by atoms with E-state index in [1.54, 1.807) is 0 Å². The molecule has 0 fully saturated rings. The molecule has 0 radical (unpaired) electrons. The second-order valence-corrected chi connectivity index (χ2v) is 6.05. The fourth-order valence-electron chi connectivity index (χ4n) is 2.05. The Labute approximate surface area is 160 Å². The van der Waals surface area contributed by atoms with Crippen LogP contribution in [0.25, 0.3) is 5.69 Å². The van der Waals surface area contributed by atoms with E-state index in [-0.39, 0.29) is 33.5 Å². The molecular weight excluding hydrogens is 412 g/mol. The Bertz CT molecular complexity index is 886. The Morgan fingerprint density at radius 3 is 2.52 bits per heavy atom. The summed E-state index contributed by atoms with van der Waals surface area (Å²) in [7, 11) is 0. The largest absolute Gasteiger partial charge is 0.479 e. The molecule has 1 aromatic heterocycles. The number of carboxylic acid groups (broad SMARTS) is 1. The van der Waals surface area contributed by atoms with Gasteiger partial charge >= 0.3 is 12.1 Å². The summed E-state index contributed by atoms with van der Waals surface area (Å²) in [6, 6.07) is 3.24. The maximum absolute atomic E-state index is 12.9. The van der Waals surface area contributed by atoms with Gasteiger partial charge in [0.1, 0.15) is 11.8 Å². The highest BCUT2D eigenvalue weighted by molar-refractivity contribution is 6.37. The molecule has 144 valence electrons. The van der Waals surface area contributed by atoms with Crippen LogP contribution in [-0.4, -0.2) is 27.0 Å².